The molecule has 0 aliphatic rings. The molecule has 0 radical (unpaired) electrons. The van der Waals surface area contributed by atoms with Crippen molar-refractivity contribution in [3.63, 3.8) is 0 Å². The first-order valence-corrected chi connectivity index (χ1v) is 17.1. The molecule has 0 aliphatic carbocycles. The SMILES string of the molecule is c1ccc(-c2ccc(N(c3cccc(-c4cccc5ccccc45)c3)c3ccc4oc5cc6oc(-c7ccccc7)nc6cc5c4c3)cc2)cc1. The molecule has 0 fully saturated rings. The van der Waals surface area contributed by atoms with Gasteiger partial charge in [0.2, 0.25) is 5.89 Å². The van der Waals surface area contributed by atoms with E-state index in [4.69, 9.17) is 13.8 Å². The van der Waals surface area contributed by atoms with Gasteiger partial charge in [-0.2, -0.15) is 0 Å². The largest absolute Gasteiger partial charge is 0.456 e. The molecular formula is C47H30N2O2. The highest BCUT2D eigenvalue weighted by atomic mass is 16.4. The zero-order valence-electron chi connectivity index (χ0n) is 27.5. The van der Waals surface area contributed by atoms with Crippen molar-refractivity contribution in [2.75, 3.05) is 4.90 Å². The molecule has 51 heavy (non-hydrogen) atoms. The molecular weight excluding hydrogens is 625 g/mol. The lowest BCUT2D eigenvalue weighted by Crippen LogP contribution is -2.10. The molecule has 0 unspecified atom stereocenters. The minimum Gasteiger partial charge on any atom is -0.456 e. The van der Waals surface area contributed by atoms with Crippen LogP contribution in [0.4, 0.5) is 17.1 Å². The summed E-state index contributed by atoms with van der Waals surface area (Å²) >= 11 is 0. The van der Waals surface area contributed by atoms with Gasteiger partial charge in [-0.15, -0.1) is 0 Å². The molecule has 0 saturated carbocycles. The third-order valence-electron chi connectivity index (χ3n) is 9.68. The molecule has 0 atom stereocenters. The first-order chi connectivity index (χ1) is 25.2. The maximum Gasteiger partial charge on any atom is 0.227 e. The van der Waals surface area contributed by atoms with Crippen LogP contribution in [-0.2, 0) is 0 Å². The van der Waals surface area contributed by atoms with Crippen LogP contribution in [0.1, 0.15) is 0 Å². The maximum absolute atomic E-state index is 6.40. The van der Waals surface area contributed by atoms with Crippen LogP contribution in [0.25, 0.3) is 77.5 Å². The van der Waals surface area contributed by atoms with E-state index in [2.05, 4.69) is 144 Å². The standard InChI is InChI=1S/C47H30N2O2/c1-3-11-31(12-4-1)32-21-23-36(24-22-32)49(37-18-9-17-35(27-37)40-20-10-16-33-13-7-8-19-39(33)40)38-25-26-44-41(28-38)42-29-43-46(30-45(42)50-44)51-47(48-43)34-14-5-2-6-15-34/h1-30H. The Hall–Kier alpha value is -6.91. The van der Waals surface area contributed by atoms with Crippen LogP contribution in [-0.4, -0.2) is 4.98 Å². The second-order valence-corrected chi connectivity index (χ2v) is 12.8. The third-order valence-corrected chi connectivity index (χ3v) is 9.68. The Labute approximate surface area is 294 Å². The van der Waals surface area contributed by atoms with E-state index >= 15 is 0 Å². The lowest BCUT2D eigenvalue weighted by atomic mass is 9.97. The molecule has 4 nitrogen and oxygen atoms in total. The van der Waals surface area contributed by atoms with Crippen LogP contribution in [0, 0.1) is 0 Å². The first kappa shape index (κ1) is 29.0. The van der Waals surface area contributed by atoms with Crippen molar-refractivity contribution < 1.29 is 8.83 Å². The summed E-state index contributed by atoms with van der Waals surface area (Å²) < 4.78 is 12.6. The van der Waals surface area contributed by atoms with Crippen molar-refractivity contribution in [1.82, 2.24) is 4.98 Å². The van der Waals surface area contributed by atoms with Crippen LogP contribution in [0.2, 0.25) is 0 Å². The zero-order chi connectivity index (χ0) is 33.7. The molecule has 10 rings (SSSR count). The highest BCUT2D eigenvalue weighted by molar-refractivity contribution is 6.10. The first-order valence-electron chi connectivity index (χ1n) is 17.1. The highest BCUT2D eigenvalue weighted by Gasteiger charge is 2.18. The molecule has 2 heterocycles. The van der Waals surface area contributed by atoms with Gasteiger partial charge in [-0.3, -0.25) is 0 Å². The Morgan fingerprint density at radius 3 is 1.86 bits per heavy atom. The number of nitrogens with zero attached hydrogens (tertiary/aromatic N) is 2. The number of anilines is 3. The topological polar surface area (TPSA) is 42.4 Å². The highest BCUT2D eigenvalue weighted by Crippen LogP contribution is 2.42. The second kappa shape index (κ2) is 11.9. The molecule has 0 saturated heterocycles. The van der Waals surface area contributed by atoms with Gasteiger partial charge >= 0.3 is 0 Å². The van der Waals surface area contributed by atoms with Gasteiger partial charge < -0.3 is 13.7 Å². The number of aromatic nitrogens is 1. The maximum atomic E-state index is 6.40. The molecule has 240 valence electrons. The fraction of sp³-hybridized carbons (Fsp3) is 0. The average Bonchev–Trinajstić information content (AvgIpc) is 3.78. The smallest absolute Gasteiger partial charge is 0.227 e. The zero-order valence-corrected chi connectivity index (χ0v) is 27.5. The fourth-order valence-corrected chi connectivity index (χ4v) is 7.20. The van der Waals surface area contributed by atoms with Gasteiger partial charge in [0.15, 0.2) is 5.58 Å². The van der Waals surface area contributed by atoms with E-state index in [0.717, 1.165) is 55.6 Å². The average molecular weight is 655 g/mol. The van der Waals surface area contributed by atoms with Gasteiger partial charge in [0, 0.05) is 39.5 Å². The van der Waals surface area contributed by atoms with Gasteiger partial charge in [0.1, 0.15) is 16.7 Å². The Bertz CT molecular complexity index is 2850. The van der Waals surface area contributed by atoms with Crippen molar-refractivity contribution >= 4 is 60.9 Å². The van der Waals surface area contributed by atoms with E-state index in [-0.39, 0.29) is 0 Å². The predicted molar refractivity (Wildman–Crippen MR) is 210 cm³/mol. The monoisotopic (exact) mass is 654 g/mol. The van der Waals surface area contributed by atoms with Crippen LogP contribution in [0.5, 0.6) is 0 Å². The lowest BCUT2D eigenvalue weighted by Gasteiger charge is -2.26. The number of hydrogen-bond donors (Lipinski definition) is 0. The van der Waals surface area contributed by atoms with Crippen LogP contribution in [0.3, 0.4) is 0 Å². The number of benzene rings is 8. The van der Waals surface area contributed by atoms with Crippen LogP contribution >= 0.6 is 0 Å². The number of rotatable bonds is 6. The van der Waals surface area contributed by atoms with Crippen LogP contribution in [0.15, 0.2) is 191 Å². The molecule has 10 aromatic rings. The van der Waals surface area contributed by atoms with E-state index in [1.807, 2.05) is 42.5 Å². The van der Waals surface area contributed by atoms with E-state index < -0.39 is 0 Å². The minimum absolute atomic E-state index is 0.597. The second-order valence-electron chi connectivity index (χ2n) is 12.8. The molecule has 2 aromatic heterocycles. The van der Waals surface area contributed by atoms with Crippen molar-refractivity contribution in [3.05, 3.63) is 182 Å². The summed E-state index contributed by atoms with van der Waals surface area (Å²) in [4.78, 5) is 7.17. The summed E-state index contributed by atoms with van der Waals surface area (Å²) in [5.74, 6) is 0.597. The van der Waals surface area contributed by atoms with E-state index in [0.29, 0.717) is 11.5 Å². The number of hydrogen-bond acceptors (Lipinski definition) is 4. The summed E-state index contributed by atoms with van der Waals surface area (Å²) in [6.45, 7) is 0. The van der Waals surface area contributed by atoms with E-state index in [1.54, 1.807) is 0 Å². The fourth-order valence-electron chi connectivity index (χ4n) is 7.20. The van der Waals surface area contributed by atoms with Crippen LogP contribution < -0.4 is 4.90 Å². The molecule has 0 aliphatic heterocycles. The Kier molecular flexibility index (Phi) is 6.78. The molecule has 4 heteroatoms. The van der Waals surface area contributed by atoms with Gasteiger partial charge in [-0.25, -0.2) is 4.98 Å². The summed E-state index contributed by atoms with van der Waals surface area (Å²) in [6.07, 6.45) is 0. The lowest BCUT2D eigenvalue weighted by molar-refractivity contribution is 0.617. The Morgan fingerprint density at radius 2 is 1.02 bits per heavy atom. The summed E-state index contributed by atoms with van der Waals surface area (Å²) in [5.41, 5.74) is 11.9. The van der Waals surface area contributed by atoms with E-state index in [9.17, 15) is 0 Å². The summed E-state index contributed by atoms with van der Waals surface area (Å²) in [6, 6.07) is 63.6. The minimum atomic E-state index is 0.597. The van der Waals surface area contributed by atoms with Gasteiger partial charge in [-0.05, 0) is 93.7 Å². The van der Waals surface area contributed by atoms with Gasteiger partial charge in [-0.1, -0.05) is 115 Å². The molecule has 8 aromatic carbocycles. The van der Waals surface area contributed by atoms with Crippen molar-refractivity contribution in [1.29, 1.82) is 0 Å². The predicted octanol–water partition coefficient (Wildman–Crippen LogP) is 13.4. The molecule has 0 bridgehead atoms. The van der Waals surface area contributed by atoms with Gasteiger partial charge in [0.25, 0.3) is 0 Å². The van der Waals surface area contributed by atoms with Crippen molar-refractivity contribution in [2.45, 2.75) is 0 Å². The Morgan fingerprint density at radius 1 is 0.373 bits per heavy atom. The Balaban J connectivity index is 1.13. The quantitative estimate of drug-likeness (QED) is 0.179. The number of oxazole rings is 1. The van der Waals surface area contributed by atoms with Gasteiger partial charge in [0.05, 0.1) is 0 Å². The number of furan rings is 1. The summed E-state index contributed by atoms with van der Waals surface area (Å²) in [7, 11) is 0. The number of fused-ring (bicyclic) bond motifs is 5. The third kappa shape index (κ3) is 5.13. The van der Waals surface area contributed by atoms with E-state index in [1.165, 1.54) is 27.5 Å². The molecule has 0 spiro atoms. The molecule has 0 amide bonds. The summed E-state index contributed by atoms with van der Waals surface area (Å²) in [5, 5.41) is 4.47. The van der Waals surface area contributed by atoms with Crippen molar-refractivity contribution in [3.8, 4) is 33.7 Å². The molecule has 0 N–H and O–H groups in total. The van der Waals surface area contributed by atoms with Crippen molar-refractivity contribution in [2.24, 2.45) is 0 Å². The normalized spacial score (nSPS) is 11.5.